The minimum absolute atomic E-state index is 0.169. The summed E-state index contributed by atoms with van der Waals surface area (Å²) in [6.07, 6.45) is 1.55. The highest BCUT2D eigenvalue weighted by molar-refractivity contribution is 7.99. The van der Waals surface area contributed by atoms with Crippen LogP contribution in [0.1, 0.15) is 18.4 Å². The SMILES string of the molecule is O=C(NCCSc1ccccc1)NCc1ccc(N2CCCC2=O)cc1. The molecule has 2 aromatic carbocycles. The fourth-order valence-corrected chi connectivity index (χ4v) is 3.60. The Bertz CT molecular complexity index is 734. The largest absolute Gasteiger partial charge is 0.337 e. The molecule has 2 aromatic rings. The van der Waals surface area contributed by atoms with E-state index in [0.29, 0.717) is 19.5 Å². The second-order valence-electron chi connectivity index (χ2n) is 6.09. The number of anilines is 1. The van der Waals surface area contributed by atoms with Crippen LogP contribution in [0.15, 0.2) is 59.5 Å². The lowest BCUT2D eigenvalue weighted by molar-refractivity contribution is -0.117. The predicted octanol–water partition coefficient (Wildman–Crippen LogP) is 3.40. The zero-order valence-electron chi connectivity index (χ0n) is 14.6. The summed E-state index contributed by atoms with van der Waals surface area (Å²) in [5.41, 5.74) is 1.94. The fourth-order valence-electron chi connectivity index (χ4n) is 2.81. The third kappa shape index (κ3) is 5.26. The normalized spacial score (nSPS) is 13.7. The number of nitrogens with zero attached hydrogens (tertiary/aromatic N) is 1. The molecule has 2 N–H and O–H groups in total. The number of thioether (sulfide) groups is 1. The number of hydrogen-bond acceptors (Lipinski definition) is 3. The van der Waals surface area contributed by atoms with E-state index in [1.165, 1.54) is 4.90 Å². The van der Waals surface area contributed by atoms with Crippen molar-refractivity contribution in [3.05, 3.63) is 60.2 Å². The summed E-state index contributed by atoms with van der Waals surface area (Å²) in [7, 11) is 0. The molecule has 5 nitrogen and oxygen atoms in total. The van der Waals surface area contributed by atoms with Crippen LogP contribution in [0.3, 0.4) is 0 Å². The van der Waals surface area contributed by atoms with E-state index >= 15 is 0 Å². The van der Waals surface area contributed by atoms with E-state index in [1.54, 1.807) is 11.8 Å². The lowest BCUT2D eigenvalue weighted by Crippen LogP contribution is -2.36. The Labute approximate surface area is 158 Å². The molecule has 0 unspecified atom stereocenters. The van der Waals surface area contributed by atoms with Gasteiger partial charge in [0.05, 0.1) is 0 Å². The molecule has 0 bridgehead atoms. The molecule has 0 aromatic heterocycles. The molecular formula is C20H23N3O2S. The first-order valence-electron chi connectivity index (χ1n) is 8.81. The molecule has 1 heterocycles. The first-order valence-corrected chi connectivity index (χ1v) is 9.80. The van der Waals surface area contributed by atoms with Crippen molar-refractivity contribution >= 4 is 29.4 Å². The minimum atomic E-state index is -0.169. The van der Waals surface area contributed by atoms with E-state index in [2.05, 4.69) is 22.8 Å². The van der Waals surface area contributed by atoms with Crippen LogP contribution in [0, 0.1) is 0 Å². The lowest BCUT2D eigenvalue weighted by atomic mass is 10.2. The van der Waals surface area contributed by atoms with E-state index in [4.69, 9.17) is 0 Å². The lowest BCUT2D eigenvalue weighted by Gasteiger charge is -2.16. The number of urea groups is 1. The average molecular weight is 369 g/mol. The number of carbonyl (C=O) groups excluding carboxylic acids is 2. The smallest absolute Gasteiger partial charge is 0.315 e. The molecule has 0 saturated carbocycles. The molecule has 3 amide bonds. The maximum atomic E-state index is 11.9. The van der Waals surface area contributed by atoms with Gasteiger partial charge in [-0.25, -0.2) is 4.79 Å². The standard InChI is InChI=1S/C20H23N3O2S/c24-19-7-4-13-23(19)17-10-8-16(9-11-17)15-22-20(25)21-12-14-26-18-5-2-1-3-6-18/h1-3,5-6,8-11H,4,7,12-15H2,(H2,21,22,25). The van der Waals surface area contributed by atoms with Gasteiger partial charge >= 0.3 is 6.03 Å². The topological polar surface area (TPSA) is 61.4 Å². The second-order valence-corrected chi connectivity index (χ2v) is 7.25. The van der Waals surface area contributed by atoms with Crippen LogP contribution in [0.4, 0.5) is 10.5 Å². The molecule has 26 heavy (non-hydrogen) atoms. The first-order chi connectivity index (χ1) is 12.7. The van der Waals surface area contributed by atoms with Gasteiger partial charge in [-0.05, 0) is 36.2 Å². The van der Waals surface area contributed by atoms with E-state index in [0.717, 1.165) is 30.0 Å². The van der Waals surface area contributed by atoms with Crippen molar-refractivity contribution in [3.8, 4) is 0 Å². The maximum absolute atomic E-state index is 11.9. The second kappa shape index (κ2) is 9.29. The van der Waals surface area contributed by atoms with E-state index in [9.17, 15) is 9.59 Å². The van der Waals surface area contributed by atoms with Crippen molar-refractivity contribution in [2.24, 2.45) is 0 Å². The van der Waals surface area contributed by atoms with Crippen LogP contribution < -0.4 is 15.5 Å². The molecule has 0 spiro atoms. The van der Waals surface area contributed by atoms with Gasteiger partial charge in [-0.2, -0.15) is 0 Å². The van der Waals surface area contributed by atoms with E-state index in [1.807, 2.05) is 47.4 Å². The van der Waals surface area contributed by atoms with Crippen molar-refractivity contribution < 1.29 is 9.59 Å². The molecule has 1 aliphatic heterocycles. The Morgan fingerprint density at radius 1 is 1.04 bits per heavy atom. The molecule has 6 heteroatoms. The Kier molecular flexibility index (Phi) is 6.55. The quantitative estimate of drug-likeness (QED) is 0.581. The summed E-state index contributed by atoms with van der Waals surface area (Å²) in [5, 5.41) is 5.72. The van der Waals surface area contributed by atoms with Crippen molar-refractivity contribution in [1.82, 2.24) is 10.6 Å². The third-order valence-corrected chi connectivity index (χ3v) is 5.19. The Morgan fingerprint density at radius 2 is 1.81 bits per heavy atom. The summed E-state index contributed by atoms with van der Waals surface area (Å²) >= 11 is 1.72. The van der Waals surface area contributed by atoms with Crippen LogP contribution >= 0.6 is 11.8 Å². The van der Waals surface area contributed by atoms with Crippen LogP contribution in [0.25, 0.3) is 0 Å². The highest BCUT2D eigenvalue weighted by Gasteiger charge is 2.21. The van der Waals surface area contributed by atoms with Crippen LogP contribution in [0.2, 0.25) is 0 Å². The summed E-state index contributed by atoms with van der Waals surface area (Å²) < 4.78 is 0. The summed E-state index contributed by atoms with van der Waals surface area (Å²) in [4.78, 5) is 26.6. The number of nitrogens with one attached hydrogen (secondary N) is 2. The number of amides is 3. The van der Waals surface area contributed by atoms with Crippen molar-refractivity contribution in [2.75, 3.05) is 23.7 Å². The zero-order valence-corrected chi connectivity index (χ0v) is 15.4. The van der Waals surface area contributed by atoms with Gasteiger partial charge in [0.15, 0.2) is 0 Å². The summed E-state index contributed by atoms with van der Waals surface area (Å²) in [6.45, 7) is 1.87. The zero-order chi connectivity index (χ0) is 18.2. The summed E-state index contributed by atoms with van der Waals surface area (Å²) in [5.74, 6) is 1.01. The van der Waals surface area contributed by atoms with Crippen molar-refractivity contribution in [1.29, 1.82) is 0 Å². The molecule has 1 saturated heterocycles. The molecule has 0 aliphatic carbocycles. The fraction of sp³-hybridized carbons (Fsp3) is 0.300. The highest BCUT2D eigenvalue weighted by atomic mass is 32.2. The van der Waals surface area contributed by atoms with Gasteiger partial charge in [-0.15, -0.1) is 11.8 Å². The molecule has 136 valence electrons. The van der Waals surface area contributed by atoms with Gasteiger partial charge in [0, 0.05) is 42.4 Å². The van der Waals surface area contributed by atoms with Gasteiger partial charge < -0.3 is 15.5 Å². The number of hydrogen-bond donors (Lipinski definition) is 2. The number of carbonyl (C=O) groups is 2. The highest BCUT2D eigenvalue weighted by Crippen LogP contribution is 2.21. The van der Waals surface area contributed by atoms with Gasteiger partial charge in [0.25, 0.3) is 0 Å². The molecular weight excluding hydrogens is 346 g/mol. The monoisotopic (exact) mass is 369 g/mol. The Hall–Kier alpha value is -2.47. The number of rotatable bonds is 7. The Morgan fingerprint density at radius 3 is 2.50 bits per heavy atom. The van der Waals surface area contributed by atoms with E-state index < -0.39 is 0 Å². The van der Waals surface area contributed by atoms with Crippen molar-refractivity contribution in [3.63, 3.8) is 0 Å². The van der Waals surface area contributed by atoms with Gasteiger partial charge in [-0.3, -0.25) is 4.79 Å². The predicted molar refractivity (Wildman–Crippen MR) is 105 cm³/mol. The molecule has 1 fully saturated rings. The summed E-state index contributed by atoms with van der Waals surface area (Å²) in [6, 6.07) is 17.7. The third-order valence-electron chi connectivity index (χ3n) is 4.17. The number of benzene rings is 2. The average Bonchev–Trinajstić information content (AvgIpc) is 3.11. The van der Waals surface area contributed by atoms with Gasteiger partial charge in [0.2, 0.25) is 5.91 Å². The Balaban J connectivity index is 1.35. The van der Waals surface area contributed by atoms with Crippen LogP contribution in [-0.2, 0) is 11.3 Å². The van der Waals surface area contributed by atoms with E-state index in [-0.39, 0.29) is 11.9 Å². The molecule has 0 radical (unpaired) electrons. The maximum Gasteiger partial charge on any atom is 0.315 e. The molecule has 1 aliphatic rings. The van der Waals surface area contributed by atoms with Gasteiger partial charge in [-0.1, -0.05) is 30.3 Å². The van der Waals surface area contributed by atoms with Crippen molar-refractivity contribution in [2.45, 2.75) is 24.3 Å². The van der Waals surface area contributed by atoms with Crippen LogP contribution in [-0.4, -0.2) is 30.8 Å². The minimum Gasteiger partial charge on any atom is -0.337 e. The molecule has 3 rings (SSSR count). The molecule has 0 atom stereocenters. The van der Waals surface area contributed by atoms with Crippen LogP contribution in [0.5, 0.6) is 0 Å². The van der Waals surface area contributed by atoms with Gasteiger partial charge in [0.1, 0.15) is 0 Å². The first kappa shape index (κ1) is 18.3.